The van der Waals surface area contributed by atoms with Crippen molar-refractivity contribution in [2.24, 2.45) is 5.73 Å². The molecule has 20 heavy (non-hydrogen) atoms. The Kier molecular flexibility index (Phi) is 5.05. The second-order valence-electron chi connectivity index (χ2n) is 6.08. The molecule has 4 heteroatoms. The first-order valence-electron chi connectivity index (χ1n) is 7.33. The monoisotopic (exact) mass is 298 g/mol. The van der Waals surface area contributed by atoms with Crippen molar-refractivity contribution >= 4 is 11.6 Å². The molecule has 1 aromatic carbocycles. The predicted molar refractivity (Wildman–Crippen MR) is 82.6 cm³/mol. The van der Waals surface area contributed by atoms with Gasteiger partial charge in [0, 0.05) is 11.6 Å². The van der Waals surface area contributed by atoms with Crippen LogP contribution in [0.3, 0.4) is 0 Å². The zero-order chi connectivity index (χ0) is 14.8. The molecule has 0 amide bonds. The van der Waals surface area contributed by atoms with Crippen LogP contribution in [-0.2, 0) is 6.42 Å². The van der Waals surface area contributed by atoms with E-state index < -0.39 is 0 Å². The first-order valence-corrected chi connectivity index (χ1v) is 7.71. The highest BCUT2D eigenvalue weighted by atomic mass is 35.5. The molecule has 0 saturated heterocycles. The van der Waals surface area contributed by atoms with Gasteiger partial charge in [-0.3, -0.25) is 0 Å². The fraction of sp³-hybridized carbons (Fsp3) is 0.625. The smallest absolute Gasteiger partial charge is 0.142 e. The van der Waals surface area contributed by atoms with Gasteiger partial charge in [0.15, 0.2) is 0 Å². The zero-order valence-electron chi connectivity index (χ0n) is 12.3. The molecule has 0 aromatic heterocycles. The van der Waals surface area contributed by atoms with Crippen molar-refractivity contribution in [3.8, 4) is 0 Å². The fourth-order valence-electron chi connectivity index (χ4n) is 3.45. The van der Waals surface area contributed by atoms with Gasteiger partial charge in [0.25, 0.3) is 0 Å². The van der Waals surface area contributed by atoms with E-state index in [-0.39, 0.29) is 22.4 Å². The van der Waals surface area contributed by atoms with Crippen LogP contribution in [-0.4, -0.2) is 30.6 Å². The molecule has 2 N–H and O–H groups in total. The minimum Gasteiger partial charge on any atom is -0.326 e. The van der Waals surface area contributed by atoms with E-state index in [1.807, 2.05) is 6.07 Å². The Hall–Kier alpha value is -0.640. The van der Waals surface area contributed by atoms with E-state index in [1.54, 1.807) is 6.07 Å². The molecule has 0 spiro atoms. The van der Waals surface area contributed by atoms with E-state index in [9.17, 15) is 4.39 Å². The van der Waals surface area contributed by atoms with Crippen molar-refractivity contribution in [1.82, 2.24) is 4.90 Å². The third-order valence-electron chi connectivity index (χ3n) is 4.77. The highest BCUT2D eigenvalue weighted by Gasteiger charge is 2.39. The normalized spacial score (nSPS) is 20.1. The lowest BCUT2D eigenvalue weighted by molar-refractivity contribution is 0.0716. The molecule has 1 atom stereocenters. The van der Waals surface area contributed by atoms with Gasteiger partial charge in [0.2, 0.25) is 0 Å². The number of likely N-dealkylation sites (N-methyl/N-ethyl adjacent to an activating group) is 1. The minimum atomic E-state index is -0.362. The van der Waals surface area contributed by atoms with Gasteiger partial charge in [-0.1, -0.05) is 43.0 Å². The molecular weight excluding hydrogens is 275 g/mol. The molecule has 1 aromatic rings. The summed E-state index contributed by atoms with van der Waals surface area (Å²) < 4.78 is 13.5. The van der Waals surface area contributed by atoms with E-state index in [2.05, 4.69) is 19.0 Å². The minimum absolute atomic E-state index is 0.00783. The highest BCUT2D eigenvalue weighted by Crippen LogP contribution is 2.36. The average Bonchev–Trinajstić information content (AvgIpc) is 2.44. The number of benzene rings is 1. The summed E-state index contributed by atoms with van der Waals surface area (Å²) in [5, 5.41) is 0.215. The van der Waals surface area contributed by atoms with E-state index in [0.717, 1.165) is 18.4 Å². The average molecular weight is 299 g/mol. The third kappa shape index (κ3) is 3.00. The molecule has 2 rings (SSSR count). The quantitative estimate of drug-likeness (QED) is 0.920. The van der Waals surface area contributed by atoms with E-state index in [4.69, 9.17) is 17.3 Å². The molecule has 0 heterocycles. The predicted octanol–water partition coefficient (Wildman–Crippen LogP) is 3.61. The molecule has 1 saturated carbocycles. The summed E-state index contributed by atoms with van der Waals surface area (Å²) in [6.45, 7) is 0. The Morgan fingerprint density at radius 1 is 1.30 bits per heavy atom. The number of nitrogens with two attached hydrogens (primary N) is 1. The van der Waals surface area contributed by atoms with Crippen molar-refractivity contribution < 1.29 is 4.39 Å². The van der Waals surface area contributed by atoms with Crippen molar-refractivity contribution in [3.05, 3.63) is 34.6 Å². The Labute approximate surface area is 126 Å². The Morgan fingerprint density at radius 3 is 2.55 bits per heavy atom. The maximum Gasteiger partial charge on any atom is 0.142 e. The van der Waals surface area contributed by atoms with Gasteiger partial charge in [-0.2, -0.15) is 0 Å². The number of hydrogen-bond acceptors (Lipinski definition) is 2. The van der Waals surface area contributed by atoms with E-state index >= 15 is 0 Å². The summed E-state index contributed by atoms with van der Waals surface area (Å²) in [5.74, 6) is -0.362. The van der Waals surface area contributed by atoms with Gasteiger partial charge in [-0.05, 0) is 45.0 Å². The van der Waals surface area contributed by atoms with E-state index in [1.165, 1.54) is 25.3 Å². The number of halogens is 2. The Morgan fingerprint density at radius 2 is 1.95 bits per heavy atom. The van der Waals surface area contributed by atoms with Crippen LogP contribution in [0.15, 0.2) is 18.2 Å². The summed E-state index contributed by atoms with van der Waals surface area (Å²) in [7, 11) is 4.19. The topological polar surface area (TPSA) is 29.3 Å². The van der Waals surface area contributed by atoms with Crippen LogP contribution in [0.25, 0.3) is 0 Å². The second kappa shape index (κ2) is 6.42. The second-order valence-corrected chi connectivity index (χ2v) is 6.46. The SMILES string of the molecule is CN(C)C1(C(N)Cc2cccc(F)c2Cl)CCCCC1. The Bertz CT molecular complexity index is 456. The van der Waals surface area contributed by atoms with Crippen LogP contribution in [0.1, 0.15) is 37.7 Å². The molecule has 0 aliphatic heterocycles. The van der Waals surface area contributed by atoms with Gasteiger partial charge in [-0.15, -0.1) is 0 Å². The van der Waals surface area contributed by atoms with Crippen LogP contribution in [0, 0.1) is 5.82 Å². The molecule has 1 aliphatic carbocycles. The lowest BCUT2D eigenvalue weighted by atomic mass is 9.74. The first-order chi connectivity index (χ1) is 9.47. The summed E-state index contributed by atoms with van der Waals surface area (Å²) in [5.41, 5.74) is 7.33. The van der Waals surface area contributed by atoms with Crippen molar-refractivity contribution in [2.75, 3.05) is 14.1 Å². The van der Waals surface area contributed by atoms with Gasteiger partial charge >= 0.3 is 0 Å². The van der Waals surface area contributed by atoms with Crippen molar-refractivity contribution in [2.45, 2.75) is 50.1 Å². The number of nitrogens with zero attached hydrogens (tertiary/aromatic N) is 1. The highest BCUT2D eigenvalue weighted by molar-refractivity contribution is 6.31. The lowest BCUT2D eigenvalue weighted by Crippen LogP contribution is -2.59. The van der Waals surface area contributed by atoms with Crippen molar-refractivity contribution in [3.63, 3.8) is 0 Å². The van der Waals surface area contributed by atoms with Crippen LogP contribution in [0.2, 0.25) is 5.02 Å². The summed E-state index contributed by atoms with van der Waals surface area (Å²) in [4.78, 5) is 2.25. The molecule has 0 bridgehead atoms. The summed E-state index contributed by atoms with van der Waals surface area (Å²) in [6, 6.07) is 4.93. The largest absolute Gasteiger partial charge is 0.326 e. The molecular formula is C16H24ClFN2. The van der Waals surface area contributed by atoms with E-state index in [0.29, 0.717) is 6.42 Å². The molecule has 0 radical (unpaired) electrons. The van der Waals surface area contributed by atoms with Crippen LogP contribution < -0.4 is 5.73 Å². The maximum absolute atomic E-state index is 13.5. The number of rotatable bonds is 4. The lowest BCUT2D eigenvalue weighted by Gasteiger charge is -2.47. The van der Waals surface area contributed by atoms with Crippen LogP contribution in [0.5, 0.6) is 0 Å². The van der Waals surface area contributed by atoms with Crippen LogP contribution >= 0.6 is 11.6 Å². The Balaban J connectivity index is 2.20. The molecule has 2 nitrogen and oxygen atoms in total. The standard InChI is InChI=1S/C16H24ClFN2/c1-20(2)16(9-4-3-5-10-16)14(19)11-12-7-6-8-13(18)15(12)17/h6-8,14H,3-5,9-11,19H2,1-2H3. The summed E-state index contributed by atoms with van der Waals surface area (Å²) in [6.07, 6.45) is 6.53. The van der Waals surface area contributed by atoms with Crippen molar-refractivity contribution in [1.29, 1.82) is 0 Å². The van der Waals surface area contributed by atoms with Gasteiger partial charge in [0.05, 0.1) is 5.02 Å². The molecule has 1 aliphatic rings. The fourth-order valence-corrected chi connectivity index (χ4v) is 3.65. The zero-order valence-corrected chi connectivity index (χ0v) is 13.1. The van der Waals surface area contributed by atoms with Gasteiger partial charge in [0.1, 0.15) is 5.82 Å². The molecule has 1 unspecified atom stereocenters. The first kappa shape index (κ1) is 15.7. The van der Waals surface area contributed by atoms with Gasteiger partial charge < -0.3 is 10.6 Å². The molecule has 112 valence electrons. The van der Waals surface area contributed by atoms with Gasteiger partial charge in [-0.25, -0.2) is 4.39 Å². The number of hydrogen-bond donors (Lipinski definition) is 1. The molecule has 1 fully saturated rings. The third-order valence-corrected chi connectivity index (χ3v) is 5.19. The van der Waals surface area contributed by atoms with Crippen LogP contribution in [0.4, 0.5) is 4.39 Å². The maximum atomic E-state index is 13.5. The summed E-state index contributed by atoms with van der Waals surface area (Å²) >= 11 is 6.06.